The third-order valence-corrected chi connectivity index (χ3v) is 3.11. The molecule has 1 aliphatic carbocycles. The summed E-state index contributed by atoms with van der Waals surface area (Å²) in [5.41, 5.74) is -0.134. The van der Waals surface area contributed by atoms with Crippen LogP contribution in [-0.4, -0.2) is 23.4 Å². The van der Waals surface area contributed by atoms with Crippen LogP contribution in [0.3, 0.4) is 0 Å². The van der Waals surface area contributed by atoms with Gasteiger partial charge in [-0.1, -0.05) is 6.92 Å². The van der Waals surface area contributed by atoms with E-state index in [0.29, 0.717) is 5.92 Å². The molecule has 1 saturated heterocycles. The Morgan fingerprint density at radius 1 is 1.70 bits per heavy atom. The molecule has 2 bridgehead atoms. The quantitative estimate of drug-likeness (QED) is 0.590. The van der Waals surface area contributed by atoms with Crippen molar-refractivity contribution in [2.24, 2.45) is 5.92 Å². The van der Waals surface area contributed by atoms with Crippen LogP contribution in [0, 0.1) is 5.92 Å². The Bertz CT molecular complexity index is 136. The molecule has 0 aromatic heterocycles. The maximum absolute atomic E-state index is 9.65. The van der Waals surface area contributed by atoms with Gasteiger partial charge in [0.05, 0.1) is 18.3 Å². The van der Waals surface area contributed by atoms with Gasteiger partial charge >= 0.3 is 0 Å². The fourth-order valence-electron chi connectivity index (χ4n) is 2.26. The minimum absolute atomic E-state index is 0.134. The number of aliphatic hydroxyl groups excluding tert-OH is 1. The van der Waals surface area contributed by atoms with Gasteiger partial charge in [-0.2, -0.15) is 0 Å². The Kier molecular flexibility index (Phi) is 1.29. The lowest BCUT2D eigenvalue weighted by molar-refractivity contribution is -0.0589. The van der Waals surface area contributed by atoms with E-state index in [1.807, 2.05) is 0 Å². The summed E-state index contributed by atoms with van der Waals surface area (Å²) in [4.78, 5) is 0. The predicted octanol–water partition coefficient (Wildman–Crippen LogP) is 0.936. The van der Waals surface area contributed by atoms with Gasteiger partial charge in [0.15, 0.2) is 0 Å². The van der Waals surface area contributed by atoms with Gasteiger partial charge in [0, 0.05) is 5.92 Å². The molecule has 3 atom stereocenters. The molecule has 2 rings (SSSR count). The van der Waals surface area contributed by atoms with Crippen molar-refractivity contribution < 1.29 is 9.84 Å². The summed E-state index contributed by atoms with van der Waals surface area (Å²) >= 11 is 0. The molecule has 0 aromatic carbocycles. The number of aliphatic hydroxyl groups is 1. The molecule has 2 heteroatoms. The molecule has 2 nitrogen and oxygen atoms in total. The topological polar surface area (TPSA) is 29.5 Å². The van der Waals surface area contributed by atoms with E-state index in [4.69, 9.17) is 4.74 Å². The van der Waals surface area contributed by atoms with Gasteiger partial charge in [0.2, 0.25) is 0 Å². The van der Waals surface area contributed by atoms with Crippen molar-refractivity contribution in [2.75, 3.05) is 6.61 Å². The number of hydrogen-bond donors (Lipinski definition) is 1. The lowest BCUT2D eigenvalue weighted by atomic mass is 9.97. The standard InChI is InChI=1S/C8H14O2/c1-2-8-4-3-6(5-10-8)7(8)9/h6-7,9H,2-5H2,1H3/t6-,7-,8-/m0/s1. The molecule has 1 N–H and O–H groups in total. The van der Waals surface area contributed by atoms with Crippen molar-refractivity contribution in [1.29, 1.82) is 0 Å². The van der Waals surface area contributed by atoms with Crippen molar-refractivity contribution in [3.05, 3.63) is 0 Å². The SMILES string of the molecule is CC[C@@]12CC[C@@H](CO1)[C@@H]2O. The first kappa shape index (κ1) is 6.62. The Morgan fingerprint density at radius 3 is 2.70 bits per heavy atom. The van der Waals surface area contributed by atoms with Crippen LogP contribution < -0.4 is 0 Å². The molecular weight excluding hydrogens is 128 g/mol. The lowest BCUT2D eigenvalue weighted by Crippen LogP contribution is -2.35. The van der Waals surface area contributed by atoms with Crippen LogP contribution in [-0.2, 0) is 4.74 Å². The fraction of sp³-hybridized carbons (Fsp3) is 1.00. The molecule has 1 heterocycles. The number of fused-ring (bicyclic) bond motifs is 2. The monoisotopic (exact) mass is 142 g/mol. The van der Waals surface area contributed by atoms with Crippen LogP contribution in [0.25, 0.3) is 0 Å². The van der Waals surface area contributed by atoms with E-state index in [2.05, 4.69) is 6.92 Å². The van der Waals surface area contributed by atoms with Crippen LogP contribution in [0.4, 0.5) is 0 Å². The second-order valence-electron chi connectivity index (χ2n) is 3.47. The fourth-order valence-corrected chi connectivity index (χ4v) is 2.26. The van der Waals surface area contributed by atoms with Crippen LogP contribution in [0.2, 0.25) is 0 Å². The van der Waals surface area contributed by atoms with Gasteiger partial charge in [0.1, 0.15) is 0 Å². The highest BCUT2D eigenvalue weighted by Crippen LogP contribution is 2.46. The van der Waals surface area contributed by atoms with Gasteiger partial charge in [-0.3, -0.25) is 0 Å². The average Bonchev–Trinajstić information content (AvgIpc) is 2.46. The maximum atomic E-state index is 9.65. The first-order valence-electron chi connectivity index (χ1n) is 4.10. The maximum Gasteiger partial charge on any atom is 0.0941 e. The smallest absolute Gasteiger partial charge is 0.0941 e. The second kappa shape index (κ2) is 1.95. The molecule has 2 aliphatic rings. The summed E-state index contributed by atoms with van der Waals surface area (Å²) in [6.07, 6.45) is 3.02. The van der Waals surface area contributed by atoms with E-state index in [9.17, 15) is 5.11 Å². The third kappa shape index (κ3) is 0.611. The van der Waals surface area contributed by atoms with Crippen LogP contribution in [0.15, 0.2) is 0 Å². The van der Waals surface area contributed by atoms with Crippen molar-refractivity contribution >= 4 is 0 Å². The lowest BCUT2D eigenvalue weighted by Gasteiger charge is -2.26. The Hall–Kier alpha value is -0.0800. The molecule has 0 aromatic rings. The normalized spacial score (nSPS) is 52.2. The van der Waals surface area contributed by atoms with Gasteiger partial charge in [-0.15, -0.1) is 0 Å². The van der Waals surface area contributed by atoms with Gasteiger partial charge in [-0.05, 0) is 19.3 Å². The minimum Gasteiger partial charge on any atom is -0.390 e. The summed E-state index contributed by atoms with van der Waals surface area (Å²) in [5.74, 6) is 0.444. The van der Waals surface area contributed by atoms with E-state index in [1.165, 1.54) is 0 Å². The molecule has 58 valence electrons. The number of ether oxygens (including phenoxy) is 1. The summed E-state index contributed by atoms with van der Waals surface area (Å²) in [6.45, 7) is 2.88. The molecule has 0 spiro atoms. The molecule has 2 fully saturated rings. The first-order chi connectivity index (χ1) is 4.78. The van der Waals surface area contributed by atoms with Gasteiger partial charge in [-0.25, -0.2) is 0 Å². The summed E-state index contributed by atoms with van der Waals surface area (Å²) < 4.78 is 5.55. The third-order valence-electron chi connectivity index (χ3n) is 3.11. The Morgan fingerprint density at radius 2 is 2.50 bits per heavy atom. The molecule has 0 unspecified atom stereocenters. The highest BCUT2D eigenvalue weighted by atomic mass is 16.5. The Balaban J connectivity index is 2.22. The van der Waals surface area contributed by atoms with Crippen LogP contribution in [0.5, 0.6) is 0 Å². The molecule has 0 amide bonds. The zero-order valence-electron chi connectivity index (χ0n) is 6.34. The van der Waals surface area contributed by atoms with Crippen molar-refractivity contribution in [2.45, 2.75) is 37.9 Å². The largest absolute Gasteiger partial charge is 0.390 e. The number of hydrogen-bond acceptors (Lipinski definition) is 2. The summed E-state index contributed by atoms with van der Waals surface area (Å²) in [7, 11) is 0. The zero-order valence-corrected chi connectivity index (χ0v) is 6.34. The molecular formula is C8H14O2. The van der Waals surface area contributed by atoms with Crippen LogP contribution in [0.1, 0.15) is 26.2 Å². The van der Waals surface area contributed by atoms with Crippen molar-refractivity contribution in [1.82, 2.24) is 0 Å². The zero-order chi connectivity index (χ0) is 7.19. The highest BCUT2D eigenvalue weighted by molar-refractivity contribution is 5.02. The van der Waals surface area contributed by atoms with Gasteiger partial charge < -0.3 is 9.84 Å². The molecule has 1 saturated carbocycles. The van der Waals surface area contributed by atoms with Gasteiger partial charge in [0.25, 0.3) is 0 Å². The molecule has 0 radical (unpaired) electrons. The van der Waals surface area contributed by atoms with Crippen LogP contribution >= 0.6 is 0 Å². The van der Waals surface area contributed by atoms with E-state index in [-0.39, 0.29) is 11.7 Å². The minimum atomic E-state index is -0.169. The van der Waals surface area contributed by atoms with E-state index >= 15 is 0 Å². The molecule has 1 aliphatic heterocycles. The predicted molar refractivity (Wildman–Crippen MR) is 37.7 cm³/mol. The Labute approximate surface area is 61.2 Å². The first-order valence-corrected chi connectivity index (χ1v) is 4.10. The average molecular weight is 142 g/mol. The molecule has 10 heavy (non-hydrogen) atoms. The number of rotatable bonds is 1. The second-order valence-corrected chi connectivity index (χ2v) is 3.47. The highest BCUT2D eigenvalue weighted by Gasteiger charge is 2.53. The van der Waals surface area contributed by atoms with Crippen molar-refractivity contribution in [3.63, 3.8) is 0 Å². The summed E-state index contributed by atoms with van der Waals surface area (Å²) in [6, 6.07) is 0. The van der Waals surface area contributed by atoms with E-state index in [1.54, 1.807) is 0 Å². The van der Waals surface area contributed by atoms with E-state index < -0.39 is 0 Å². The summed E-state index contributed by atoms with van der Waals surface area (Å²) in [5, 5.41) is 9.65. The van der Waals surface area contributed by atoms with E-state index in [0.717, 1.165) is 25.9 Å². The van der Waals surface area contributed by atoms with Crippen molar-refractivity contribution in [3.8, 4) is 0 Å².